The lowest BCUT2D eigenvalue weighted by Crippen LogP contribution is -2.43. The molecule has 1 atom stereocenters. The van der Waals surface area contributed by atoms with Crippen LogP contribution in [-0.2, 0) is 11.7 Å². The van der Waals surface area contributed by atoms with E-state index in [4.69, 9.17) is 4.74 Å². The summed E-state index contributed by atoms with van der Waals surface area (Å²) in [7, 11) is 1.23. The zero-order valence-electron chi connectivity index (χ0n) is 14.3. The number of nitrogens with zero attached hydrogens (tertiary/aromatic N) is 1. The smallest absolute Gasteiger partial charge is 0.416 e. The van der Waals surface area contributed by atoms with E-state index in [1.165, 1.54) is 18.4 Å². The molecule has 0 saturated carbocycles. The molecule has 2 aromatic rings. The molecule has 8 heteroatoms. The number of halogens is 3. The molecule has 2 rings (SSSR count). The number of hydrogen-bond acceptors (Lipinski definition) is 4. The lowest BCUT2D eigenvalue weighted by Gasteiger charge is -2.28. The van der Waals surface area contributed by atoms with Gasteiger partial charge in [0.15, 0.2) is 0 Å². The molecule has 0 aliphatic carbocycles. The third-order valence-corrected chi connectivity index (χ3v) is 5.19. The average Bonchev–Trinajstić information content (AvgIpc) is 3.00. The van der Waals surface area contributed by atoms with E-state index < -0.39 is 23.2 Å². The first-order valence-electron chi connectivity index (χ1n) is 7.61. The van der Waals surface area contributed by atoms with Crippen LogP contribution in [0.25, 0.3) is 0 Å². The van der Waals surface area contributed by atoms with Gasteiger partial charge in [-0.2, -0.15) is 13.2 Å². The van der Waals surface area contributed by atoms with Crippen LogP contribution < -0.4 is 10.1 Å². The number of alkyl halides is 3. The highest BCUT2D eigenvalue weighted by molar-refractivity contribution is 7.09. The molecule has 0 fully saturated rings. The van der Waals surface area contributed by atoms with E-state index in [1.54, 1.807) is 0 Å². The number of ether oxygens (including phenoxy) is 1. The number of methoxy groups -OCH3 is 1. The fourth-order valence-corrected chi connectivity index (χ4v) is 3.26. The zero-order valence-corrected chi connectivity index (χ0v) is 15.1. The average molecular weight is 372 g/mol. The molecule has 0 aliphatic heterocycles. The molecule has 0 spiro atoms. The summed E-state index contributed by atoms with van der Waals surface area (Å²) in [5, 5.41) is 5.50. The van der Waals surface area contributed by atoms with Crippen LogP contribution in [0.4, 0.5) is 13.2 Å². The van der Waals surface area contributed by atoms with Crippen molar-refractivity contribution in [2.45, 2.75) is 38.9 Å². The number of rotatable bonds is 5. The third-order valence-electron chi connectivity index (χ3n) is 3.96. The molecule has 1 heterocycles. The first-order valence-corrected chi connectivity index (χ1v) is 8.49. The van der Waals surface area contributed by atoms with Gasteiger partial charge in [-0.05, 0) is 38.5 Å². The highest BCUT2D eigenvalue weighted by Gasteiger charge is 2.34. The van der Waals surface area contributed by atoms with Crippen LogP contribution in [0.5, 0.6) is 5.75 Å². The molecule has 1 aromatic heterocycles. The normalized spacial score (nSPS) is 14.0. The van der Waals surface area contributed by atoms with Gasteiger partial charge >= 0.3 is 6.18 Å². The van der Waals surface area contributed by atoms with Gasteiger partial charge in [0.25, 0.3) is 5.91 Å². The summed E-state index contributed by atoms with van der Waals surface area (Å²) in [6.45, 7) is 5.59. The predicted octanol–water partition coefficient (Wildman–Crippen LogP) is 4.53. The molecule has 136 valence electrons. The monoisotopic (exact) mass is 372 g/mol. The molecule has 4 nitrogen and oxygen atoms in total. The molecule has 1 N–H and O–H groups in total. The summed E-state index contributed by atoms with van der Waals surface area (Å²) in [5.41, 5.74) is -0.692. The molecule has 0 aliphatic rings. The second-order valence-electron chi connectivity index (χ2n) is 5.85. The van der Waals surface area contributed by atoms with Crippen LogP contribution in [0.15, 0.2) is 23.6 Å². The van der Waals surface area contributed by atoms with Gasteiger partial charge in [-0.1, -0.05) is 6.92 Å². The van der Waals surface area contributed by atoms with Crippen molar-refractivity contribution in [2.75, 3.05) is 7.11 Å². The topological polar surface area (TPSA) is 51.2 Å². The number of aromatic nitrogens is 1. The van der Waals surface area contributed by atoms with Gasteiger partial charge in [0, 0.05) is 11.1 Å². The number of aryl methyl sites for hydroxylation is 1. The van der Waals surface area contributed by atoms with Crippen molar-refractivity contribution in [3.63, 3.8) is 0 Å². The van der Waals surface area contributed by atoms with Crippen molar-refractivity contribution >= 4 is 17.2 Å². The molecule has 0 bridgehead atoms. The molecule has 25 heavy (non-hydrogen) atoms. The van der Waals surface area contributed by atoms with Gasteiger partial charge < -0.3 is 10.1 Å². The minimum atomic E-state index is -4.50. The SMILES string of the molecule is CCC(C)(NC(=O)c1ccc(C(F)(F)F)cc1OC)c1nc(C)cs1. The van der Waals surface area contributed by atoms with Gasteiger partial charge in [-0.25, -0.2) is 4.98 Å². The van der Waals surface area contributed by atoms with E-state index in [0.717, 1.165) is 28.9 Å². The Hall–Kier alpha value is -2.09. The Balaban J connectivity index is 2.33. The highest BCUT2D eigenvalue weighted by Crippen LogP contribution is 2.34. The number of carbonyl (C=O) groups is 1. The summed E-state index contributed by atoms with van der Waals surface area (Å²) >= 11 is 1.43. The van der Waals surface area contributed by atoms with Crippen molar-refractivity contribution in [1.29, 1.82) is 0 Å². The largest absolute Gasteiger partial charge is 0.496 e. The standard InChI is InChI=1S/C17H19F3N2O2S/c1-5-16(3,15-21-10(2)9-25-15)22-14(23)12-7-6-11(17(18,19)20)8-13(12)24-4/h6-9H,5H2,1-4H3,(H,22,23). The number of thiazole rings is 1. The van der Waals surface area contributed by atoms with Crippen LogP contribution in [0, 0.1) is 6.92 Å². The molecule has 1 unspecified atom stereocenters. The Morgan fingerprint density at radius 1 is 1.36 bits per heavy atom. The van der Waals surface area contributed by atoms with Crippen LogP contribution in [-0.4, -0.2) is 18.0 Å². The fourth-order valence-electron chi connectivity index (χ4n) is 2.27. The van der Waals surface area contributed by atoms with Gasteiger partial charge in [0.2, 0.25) is 0 Å². The van der Waals surface area contributed by atoms with Gasteiger partial charge in [-0.15, -0.1) is 11.3 Å². The first kappa shape index (κ1) is 19.2. The van der Waals surface area contributed by atoms with Gasteiger partial charge in [-0.3, -0.25) is 4.79 Å². The van der Waals surface area contributed by atoms with Crippen LogP contribution in [0.2, 0.25) is 0 Å². The number of amides is 1. The minimum absolute atomic E-state index is 0.0449. The maximum Gasteiger partial charge on any atom is 0.416 e. The Morgan fingerprint density at radius 2 is 2.04 bits per heavy atom. The highest BCUT2D eigenvalue weighted by atomic mass is 32.1. The van der Waals surface area contributed by atoms with Crippen molar-refractivity contribution in [1.82, 2.24) is 10.3 Å². The summed E-state index contributed by atoms with van der Waals surface area (Å²) in [6, 6.07) is 2.82. The minimum Gasteiger partial charge on any atom is -0.496 e. The van der Waals surface area contributed by atoms with Crippen LogP contribution >= 0.6 is 11.3 Å². The molecule has 0 saturated heterocycles. The Bertz CT molecular complexity index is 773. The maximum atomic E-state index is 12.8. The van der Waals surface area contributed by atoms with E-state index in [1.807, 2.05) is 26.2 Å². The summed E-state index contributed by atoms with van der Waals surface area (Å²) in [6.07, 6.45) is -3.92. The van der Waals surface area contributed by atoms with Crippen molar-refractivity contribution in [2.24, 2.45) is 0 Å². The lowest BCUT2D eigenvalue weighted by atomic mass is 9.98. The number of benzene rings is 1. The van der Waals surface area contributed by atoms with E-state index in [2.05, 4.69) is 10.3 Å². The van der Waals surface area contributed by atoms with Crippen LogP contribution in [0.1, 0.15) is 46.9 Å². The molecular weight excluding hydrogens is 353 g/mol. The lowest BCUT2D eigenvalue weighted by molar-refractivity contribution is -0.137. The van der Waals surface area contributed by atoms with Crippen molar-refractivity contribution in [3.05, 3.63) is 45.4 Å². The first-order chi connectivity index (χ1) is 11.6. The van der Waals surface area contributed by atoms with E-state index in [-0.39, 0.29) is 11.3 Å². The summed E-state index contributed by atoms with van der Waals surface area (Å²) in [5.74, 6) is -0.635. The summed E-state index contributed by atoms with van der Waals surface area (Å²) < 4.78 is 43.5. The van der Waals surface area contributed by atoms with Crippen molar-refractivity contribution in [3.8, 4) is 5.75 Å². The molecule has 1 aromatic carbocycles. The van der Waals surface area contributed by atoms with E-state index in [0.29, 0.717) is 6.42 Å². The third kappa shape index (κ3) is 4.12. The summed E-state index contributed by atoms with van der Waals surface area (Å²) in [4.78, 5) is 17.1. The molecular formula is C17H19F3N2O2S. The Morgan fingerprint density at radius 3 is 2.52 bits per heavy atom. The second-order valence-corrected chi connectivity index (χ2v) is 6.70. The fraction of sp³-hybridized carbons (Fsp3) is 0.412. The maximum absolute atomic E-state index is 12.8. The Labute approximate surface area is 148 Å². The van der Waals surface area contributed by atoms with E-state index >= 15 is 0 Å². The van der Waals surface area contributed by atoms with Gasteiger partial charge in [0.05, 0.1) is 23.8 Å². The predicted molar refractivity (Wildman–Crippen MR) is 90.0 cm³/mol. The van der Waals surface area contributed by atoms with Crippen molar-refractivity contribution < 1.29 is 22.7 Å². The quantitative estimate of drug-likeness (QED) is 0.839. The van der Waals surface area contributed by atoms with E-state index in [9.17, 15) is 18.0 Å². The number of carbonyl (C=O) groups excluding carboxylic acids is 1. The van der Waals surface area contributed by atoms with Crippen LogP contribution in [0.3, 0.4) is 0 Å². The number of hydrogen-bond donors (Lipinski definition) is 1. The zero-order chi connectivity index (χ0) is 18.8. The molecule has 0 radical (unpaired) electrons. The van der Waals surface area contributed by atoms with Gasteiger partial charge in [0.1, 0.15) is 10.8 Å². The Kier molecular flexibility index (Phi) is 5.41. The number of nitrogens with one attached hydrogen (secondary N) is 1. The molecule has 1 amide bonds. The second kappa shape index (κ2) is 7.03.